The van der Waals surface area contributed by atoms with Crippen LogP contribution in [0.15, 0.2) is 22.7 Å². The molecule has 0 saturated heterocycles. The summed E-state index contributed by atoms with van der Waals surface area (Å²) in [5.41, 5.74) is 0. The molecule has 0 spiro atoms. The number of rotatable bonds is 3. The van der Waals surface area contributed by atoms with Crippen molar-refractivity contribution in [2.75, 3.05) is 0 Å². The molecule has 0 atom stereocenters. The molecule has 1 N–H and O–H groups in total. The normalized spacial score (nSPS) is 10.4. The van der Waals surface area contributed by atoms with E-state index in [0.29, 0.717) is 10.2 Å². The van der Waals surface area contributed by atoms with Crippen LogP contribution >= 0.6 is 38.9 Å². The van der Waals surface area contributed by atoms with E-state index in [9.17, 15) is 9.18 Å². The summed E-state index contributed by atoms with van der Waals surface area (Å²) in [4.78, 5) is 14.4. The number of aromatic carboxylic acids is 1. The van der Waals surface area contributed by atoms with Crippen molar-refractivity contribution in [1.29, 1.82) is 0 Å². The minimum Gasteiger partial charge on any atom is -0.477 e. The highest BCUT2D eigenvalue weighted by molar-refractivity contribution is 9.10. The Balaban J connectivity index is 2.29. The molecule has 0 unspecified atom stereocenters. The molecule has 0 bridgehead atoms. The van der Waals surface area contributed by atoms with Crippen molar-refractivity contribution in [2.45, 2.75) is 0 Å². The third-order valence-corrected chi connectivity index (χ3v) is 3.78. The van der Waals surface area contributed by atoms with Gasteiger partial charge in [0.15, 0.2) is 10.0 Å². The maximum Gasteiger partial charge on any atom is 0.349 e. The van der Waals surface area contributed by atoms with Crippen LogP contribution < -0.4 is 4.74 Å². The van der Waals surface area contributed by atoms with Gasteiger partial charge in [-0.05, 0) is 34.1 Å². The first kappa shape index (κ1) is 13.3. The Bertz CT molecular complexity index is 619. The third-order valence-electron chi connectivity index (χ3n) is 1.85. The molecule has 1 heterocycles. The number of benzene rings is 1. The highest BCUT2D eigenvalue weighted by atomic mass is 79.9. The van der Waals surface area contributed by atoms with E-state index in [1.807, 2.05) is 0 Å². The van der Waals surface area contributed by atoms with Crippen molar-refractivity contribution in [1.82, 2.24) is 4.98 Å². The van der Waals surface area contributed by atoms with Gasteiger partial charge in [-0.25, -0.2) is 9.18 Å². The van der Waals surface area contributed by atoms with Crippen molar-refractivity contribution >= 4 is 44.8 Å². The van der Waals surface area contributed by atoms with Crippen LogP contribution in [-0.2, 0) is 0 Å². The summed E-state index contributed by atoms with van der Waals surface area (Å²) >= 11 is 9.56. The van der Waals surface area contributed by atoms with Crippen LogP contribution in [0.25, 0.3) is 0 Å². The Morgan fingerprint density at radius 3 is 2.83 bits per heavy atom. The summed E-state index contributed by atoms with van der Waals surface area (Å²) < 4.78 is 18.6. The molecular formula is C10H4BrClFNO3S. The maximum absolute atomic E-state index is 12.9. The highest BCUT2D eigenvalue weighted by Crippen LogP contribution is 2.35. The fourth-order valence-corrected chi connectivity index (χ4v) is 2.53. The van der Waals surface area contributed by atoms with E-state index >= 15 is 0 Å². The van der Waals surface area contributed by atoms with Gasteiger partial charge in [0.2, 0.25) is 0 Å². The van der Waals surface area contributed by atoms with Gasteiger partial charge < -0.3 is 9.84 Å². The van der Waals surface area contributed by atoms with Gasteiger partial charge >= 0.3 is 5.97 Å². The zero-order valence-electron chi connectivity index (χ0n) is 8.49. The van der Waals surface area contributed by atoms with E-state index < -0.39 is 11.8 Å². The van der Waals surface area contributed by atoms with E-state index in [-0.39, 0.29) is 15.2 Å². The van der Waals surface area contributed by atoms with Crippen LogP contribution in [0.1, 0.15) is 9.67 Å². The second-order valence-electron chi connectivity index (χ2n) is 3.08. The fraction of sp³-hybridized carbons (Fsp3) is 0. The number of hydrogen-bond acceptors (Lipinski definition) is 4. The molecule has 0 aliphatic rings. The van der Waals surface area contributed by atoms with Crippen LogP contribution in [0.2, 0.25) is 5.15 Å². The summed E-state index contributed by atoms with van der Waals surface area (Å²) in [6.07, 6.45) is 0. The maximum atomic E-state index is 12.9. The van der Waals surface area contributed by atoms with Crippen molar-refractivity contribution < 1.29 is 19.0 Å². The molecule has 2 rings (SSSR count). The van der Waals surface area contributed by atoms with Gasteiger partial charge in [-0.3, -0.25) is 0 Å². The number of thiazole rings is 1. The lowest BCUT2D eigenvalue weighted by Gasteiger charge is -2.03. The quantitative estimate of drug-likeness (QED) is 0.900. The van der Waals surface area contributed by atoms with Crippen LogP contribution in [-0.4, -0.2) is 16.1 Å². The molecule has 0 saturated carbocycles. The lowest BCUT2D eigenvalue weighted by molar-refractivity contribution is 0.0702. The van der Waals surface area contributed by atoms with Gasteiger partial charge in [0.1, 0.15) is 11.6 Å². The molecule has 8 heteroatoms. The number of hydrogen-bond donors (Lipinski definition) is 1. The van der Waals surface area contributed by atoms with E-state index in [0.717, 1.165) is 11.3 Å². The van der Waals surface area contributed by atoms with E-state index in [1.54, 1.807) is 0 Å². The standard InChI is InChI=1S/C10H4BrClFNO3S/c11-5-3-4(13)1-2-6(5)17-10-14-8(12)7(18-10)9(15)16/h1-3H,(H,15,16). The van der Waals surface area contributed by atoms with Gasteiger partial charge in [0.25, 0.3) is 5.19 Å². The summed E-state index contributed by atoms with van der Waals surface area (Å²) in [7, 11) is 0. The lowest BCUT2D eigenvalue weighted by Crippen LogP contribution is -1.91. The van der Waals surface area contributed by atoms with Gasteiger partial charge in [-0.2, -0.15) is 4.98 Å². The lowest BCUT2D eigenvalue weighted by atomic mass is 10.3. The number of nitrogens with zero attached hydrogens (tertiary/aromatic N) is 1. The molecule has 1 aromatic heterocycles. The number of halogens is 3. The van der Waals surface area contributed by atoms with Crippen LogP contribution in [0, 0.1) is 5.82 Å². The van der Waals surface area contributed by atoms with Crippen LogP contribution in [0.3, 0.4) is 0 Å². The molecule has 18 heavy (non-hydrogen) atoms. The summed E-state index contributed by atoms with van der Waals surface area (Å²) in [6, 6.07) is 3.84. The van der Waals surface area contributed by atoms with Crippen LogP contribution in [0.4, 0.5) is 4.39 Å². The van der Waals surface area contributed by atoms with Gasteiger partial charge in [0, 0.05) is 0 Å². The SMILES string of the molecule is O=C(O)c1sc(Oc2ccc(F)cc2Br)nc1Cl. The molecule has 0 aliphatic heterocycles. The first-order valence-corrected chi connectivity index (χ1v) is 6.48. The van der Waals surface area contributed by atoms with Crippen molar-refractivity contribution in [3.8, 4) is 10.9 Å². The Labute approximate surface area is 118 Å². The molecule has 0 radical (unpaired) electrons. The number of carbonyl (C=O) groups is 1. The predicted molar refractivity (Wildman–Crippen MR) is 68.3 cm³/mol. The Hall–Kier alpha value is -1.18. The fourth-order valence-electron chi connectivity index (χ4n) is 1.11. The smallest absolute Gasteiger partial charge is 0.349 e. The zero-order valence-corrected chi connectivity index (χ0v) is 11.6. The first-order chi connectivity index (χ1) is 8.47. The molecule has 2 aromatic rings. The number of carboxylic acid groups (broad SMARTS) is 1. The van der Waals surface area contributed by atoms with Crippen molar-refractivity contribution in [3.63, 3.8) is 0 Å². The molecule has 0 aliphatic carbocycles. The second-order valence-corrected chi connectivity index (χ2v) is 5.26. The number of carboxylic acids is 1. The van der Waals surface area contributed by atoms with E-state index in [2.05, 4.69) is 20.9 Å². The number of ether oxygens (including phenoxy) is 1. The monoisotopic (exact) mass is 351 g/mol. The average molecular weight is 353 g/mol. The molecule has 94 valence electrons. The zero-order chi connectivity index (χ0) is 13.3. The molecule has 0 fully saturated rings. The Kier molecular flexibility index (Phi) is 3.84. The molecule has 0 amide bonds. The van der Waals surface area contributed by atoms with E-state index in [4.69, 9.17) is 21.4 Å². The van der Waals surface area contributed by atoms with Gasteiger partial charge in [-0.15, -0.1) is 0 Å². The first-order valence-electron chi connectivity index (χ1n) is 4.50. The summed E-state index contributed by atoms with van der Waals surface area (Å²) in [5.74, 6) is -1.28. The van der Waals surface area contributed by atoms with Gasteiger partial charge in [-0.1, -0.05) is 22.9 Å². The van der Waals surface area contributed by atoms with Gasteiger partial charge in [0.05, 0.1) is 4.47 Å². The second kappa shape index (κ2) is 5.21. The number of aromatic nitrogens is 1. The largest absolute Gasteiger partial charge is 0.477 e. The van der Waals surface area contributed by atoms with E-state index in [1.165, 1.54) is 18.2 Å². The predicted octanol–water partition coefficient (Wildman–Crippen LogP) is 4.19. The molecule has 1 aromatic carbocycles. The summed E-state index contributed by atoms with van der Waals surface area (Å²) in [5, 5.41) is 8.74. The minimum atomic E-state index is -1.18. The van der Waals surface area contributed by atoms with Crippen molar-refractivity contribution in [3.05, 3.63) is 38.5 Å². The topological polar surface area (TPSA) is 59.4 Å². The molecular weight excluding hydrogens is 349 g/mol. The Morgan fingerprint density at radius 1 is 1.56 bits per heavy atom. The average Bonchev–Trinajstić information content (AvgIpc) is 2.64. The molecule has 4 nitrogen and oxygen atoms in total. The highest BCUT2D eigenvalue weighted by Gasteiger charge is 2.17. The van der Waals surface area contributed by atoms with Crippen molar-refractivity contribution in [2.24, 2.45) is 0 Å². The third kappa shape index (κ3) is 2.80. The summed E-state index contributed by atoms with van der Waals surface area (Å²) in [6.45, 7) is 0. The minimum absolute atomic E-state index is 0.0738. The Morgan fingerprint density at radius 2 is 2.28 bits per heavy atom. The van der Waals surface area contributed by atoms with Crippen LogP contribution in [0.5, 0.6) is 10.9 Å².